The number of benzene rings is 1. The quantitative estimate of drug-likeness (QED) is 0.686. The van der Waals surface area contributed by atoms with Crippen LogP contribution < -0.4 is 5.73 Å². The molecule has 3 rings (SSSR count). The molecule has 6 nitrogen and oxygen atoms in total. The highest BCUT2D eigenvalue weighted by Gasteiger charge is 2.13. The van der Waals surface area contributed by atoms with Crippen LogP contribution in [0.15, 0.2) is 36.5 Å². The Hall–Kier alpha value is -2.94. The number of nitrogen functional groups attached to an aromatic ring is 1. The SMILES string of the molecule is N#Cc1nnc2c(-c3ccccc3)cnn2c1N. The van der Waals surface area contributed by atoms with Gasteiger partial charge in [-0.2, -0.15) is 14.9 Å². The van der Waals surface area contributed by atoms with Gasteiger partial charge in [-0.1, -0.05) is 30.3 Å². The number of nitrogens with two attached hydrogens (primary N) is 1. The summed E-state index contributed by atoms with van der Waals surface area (Å²) in [5.41, 5.74) is 8.22. The molecular formula is C12H8N6. The minimum atomic E-state index is 0.0743. The molecule has 0 aliphatic carbocycles. The lowest BCUT2D eigenvalue weighted by Gasteiger charge is -2.00. The van der Waals surface area contributed by atoms with Crippen molar-refractivity contribution in [3.63, 3.8) is 0 Å². The van der Waals surface area contributed by atoms with Gasteiger partial charge in [-0.15, -0.1) is 10.2 Å². The lowest BCUT2D eigenvalue weighted by molar-refractivity contribution is 0.891. The molecule has 0 aliphatic heterocycles. The van der Waals surface area contributed by atoms with Gasteiger partial charge in [0.2, 0.25) is 5.69 Å². The van der Waals surface area contributed by atoms with Crippen LogP contribution in [0.2, 0.25) is 0 Å². The zero-order valence-electron chi connectivity index (χ0n) is 9.28. The summed E-state index contributed by atoms with van der Waals surface area (Å²) < 4.78 is 1.42. The molecule has 0 saturated heterocycles. The molecule has 0 radical (unpaired) electrons. The van der Waals surface area contributed by atoms with Gasteiger partial charge in [-0.05, 0) is 5.56 Å². The second-order valence-electron chi connectivity index (χ2n) is 3.71. The van der Waals surface area contributed by atoms with Crippen LogP contribution >= 0.6 is 0 Å². The highest BCUT2D eigenvalue weighted by molar-refractivity contribution is 5.77. The maximum absolute atomic E-state index is 8.83. The normalized spacial score (nSPS) is 10.4. The predicted octanol–water partition coefficient (Wildman–Crippen LogP) is 1.25. The summed E-state index contributed by atoms with van der Waals surface area (Å²) in [4.78, 5) is 0. The van der Waals surface area contributed by atoms with Crippen molar-refractivity contribution in [1.82, 2.24) is 19.8 Å². The molecule has 86 valence electrons. The van der Waals surface area contributed by atoms with Crippen molar-refractivity contribution >= 4 is 11.5 Å². The first-order valence-corrected chi connectivity index (χ1v) is 5.26. The maximum atomic E-state index is 8.83. The summed E-state index contributed by atoms with van der Waals surface area (Å²) in [6.07, 6.45) is 1.66. The van der Waals surface area contributed by atoms with Gasteiger partial charge in [0, 0.05) is 5.56 Å². The topological polar surface area (TPSA) is 92.9 Å². The van der Waals surface area contributed by atoms with Gasteiger partial charge in [0.15, 0.2) is 11.5 Å². The molecule has 3 aromatic rings. The van der Waals surface area contributed by atoms with Gasteiger partial charge in [0.25, 0.3) is 0 Å². The van der Waals surface area contributed by atoms with E-state index in [0.29, 0.717) is 5.65 Å². The Bertz CT molecular complexity index is 753. The lowest BCUT2D eigenvalue weighted by Crippen LogP contribution is -2.05. The van der Waals surface area contributed by atoms with Crippen molar-refractivity contribution in [3.05, 3.63) is 42.2 Å². The van der Waals surface area contributed by atoms with Crippen molar-refractivity contribution < 1.29 is 0 Å². The number of anilines is 1. The standard InChI is InChI=1S/C12H8N6/c13-6-10-11(14)18-12(17-16-10)9(7-15-18)8-4-2-1-3-5-8/h1-5,7H,14H2. The Labute approximate surface area is 102 Å². The van der Waals surface area contributed by atoms with Crippen molar-refractivity contribution in [2.45, 2.75) is 0 Å². The predicted molar refractivity (Wildman–Crippen MR) is 65.3 cm³/mol. The number of nitriles is 1. The van der Waals surface area contributed by atoms with Crippen molar-refractivity contribution in [2.75, 3.05) is 5.73 Å². The Balaban J connectivity index is 2.29. The van der Waals surface area contributed by atoms with Gasteiger partial charge in [-0.25, -0.2) is 0 Å². The largest absolute Gasteiger partial charge is 0.381 e. The van der Waals surface area contributed by atoms with Crippen LogP contribution in [0, 0.1) is 11.3 Å². The zero-order valence-corrected chi connectivity index (χ0v) is 9.28. The van der Waals surface area contributed by atoms with E-state index in [0.717, 1.165) is 11.1 Å². The molecule has 0 unspecified atom stereocenters. The molecular weight excluding hydrogens is 228 g/mol. The van der Waals surface area contributed by atoms with Crippen LogP contribution in [0.4, 0.5) is 5.82 Å². The zero-order chi connectivity index (χ0) is 12.5. The summed E-state index contributed by atoms with van der Waals surface area (Å²) in [7, 11) is 0. The highest BCUT2D eigenvalue weighted by atomic mass is 15.3. The molecule has 2 heterocycles. The van der Waals surface area contributed by atoms with E-state index in [1.54, 1.807) is 6.20 Å². The number of nitrogens with zero attached hydrogens (tertiary/aromatic N) is 5. The molecule has 2 N–H and O–H groups in total. The van der Waals surface area contributed by atoms with Crippen LogP contribution in [-0.4, -0.2) is 19.8 Å². The number of hydrogen-bond acceptors (Lipinski definition) is 5. The second-order valence-corrected chi connectivity index (χ2v) is 3.71. The third-order valence-corrected chi connectivity index (χ3v) is 2.65. The Morgan fingerprint density at radius 2 is 1.94 bits per heavy atom. The molecule has 0 atom stereocenters. The summed E-state index contributed by atoms with van der Waals surface area (Å²) in [6, 6.07) is 11.6. The first-order chi connectivity index (χ1) is 8.81. The van der Waals surface area contributed by atoms with Crippen LogP contribution in [0.3, 0.4) is 0 Å². The van der Waals surface area contributed by atoms with Crippen LogP contribution in [0.1, 0.15) is 5.69 Å². The molecule has 0 spiro atoms. The minimum absolute atomic E-state index is 0.0743. The van der Waals surface area contributed by atoms with Crippen molar-refractivity contribution in [1.29, 1.82) is 5.26 Å². The maximum Gasteiger partial charge on any atom is 0.205 e. The van der Waals surface area contributed by atoms with Gasteiger partial charge in [0.05, 0.1) is 6.20 Å². The first kappa shape index (κ1) is 10.2. The van der Waals surface area contributed by atoms with E-state index >= 15 is 0 Å². The molecule has 0 amide bonds. The van der Waals surface area contributed by atoms with Gasteiger partial charge >= 0.3 is 0 Å². The van der Waals surface area contributed by atoms with Gasteiger partial charge < -0.3 is 5.73 Å². The molecule has 18 heavy (non-hydrogen) atoms. The molecule has 0 bridgehead atoms. The van der Waals surface area contributed by atoms with Crippen molar-refractivity contribution in [2.24, 2.45) is 0 Å². The van der Waals surface area contributed by atoms with E-state index in [1.165, 1.54) is 4.52 Å². The molecule has 2 aromatic heterocycles. The highest BCUT2D eigenvalue weighted by Crippen LogP contribution is 2.23. The number of aromatic nitrogens is 4. The fourth-order valence-electron chi connectivity index (χ4n) is 1.76. The second kappa shape index (κ2) is 3.82. The van der Waals surface area contributed by atoms with Gasteiger partial charge in [-0.3, -0.25) is 0 Å². The third-order valence-electron chi connectivity index (χ3n) is 2.65. The minimum Gasteiger partial charge on any atom is -0.381 e. The van der Waals surface area contributed by atoms with Crippen LogP contribution in [-0.2, 0) is 0 Å². The van der Waals surface area contributed by atoms with E-state index in [1.807, 2.05) is 36.4 Å². The fourth-order valence-corrected chi connectivity index (χ4v) is 1.76. The average molecular weight is 236 g/mol. The first-order valence-electron chi connectivity index (χ1n) is 5.26. The summed E-state index contributed by atoms with van der Waals surface area (Å²) in [6.45, 7) is 0. The number of fused-ring (bicyclic) bond motifs is 1. The van der Waals surface area contributed by atoms with Gasteiger partial charge in [0.1, 0.15) is 6.07 Å². The molecule has 1 aromatic carbocycles. The molecule has 0 fully saturated rings. The summed E-state index contributed by atoms with van der Waals surface area (Å²) in [5.74, 6) is 0.199. The van der Waals surface area contributed by atoms with E-state index < -0.39 is 0 Å². The fraction of sp³-hybridized carbons (Fsp3) is 0. The number of hydrogen-bond donors (Lipinski definition) is 1. The van der Waals surface area contributed by atoms with E-state index in [2.05, 4.69) is 15.3 Å². The van der Waals surface area contributed by atoms with Crippen molar-refractivity contribution in [3.8, 4) is 17.2 Å². The lowest BCUT2D eigenvalue weighted by atomic mass is 10.1. The monoisotopic (exact) mass is 236 g/mol. The number of rotatable bonds is 1. The Morgan fingerprint density at radius 1 is 1.17 bits per heavy atom. The summed E-state index contributed by atoms with van der Waals surface area (Å²) in [5, 5.41) is 20.8. The summed E-state index contributed by atoms with van der Waals surface area (Å²) >= 11 is 0. The Kier molecular flexibility index (Phi) is 2.17. The molecule has 0 aliphatic rings. The van der Waals surface area contributed by atoms with E-state index in [9.17, 15) is 0 Å². The smallest absolute Gasteiger partial charge is 0.205 e. The van der Waals surface area contributed by atoms with E-state index in [-0.39, 0.29) is 11.5 Å². The average Bonchev–Trinajstić information content (AvgIpc) is 2.85. The Morgan fingerprint density at radius 3 is 2.67 bits per heavy atom. The van der Waals surface area contributed by atoms with Crippen LogP contribution in [0.5, 0.6) is 0 Å². The third kappa shape index (κ3) is 1.38. The van der Waals surface area contributed by atoms with Crippen LogP contribution in [0.25, 0.3) is 16.8 Å². The van der Waals surface area contributed by atoms with E-state index in [4.69, 9.17) is 11.0 Å². The molecule has 6 heteroatoms. The molecule has 0 saturated carbocycles.